The molecule has 1 atom stereocenters. The van der Waals surface area contributed by atoms with Crippen LogP contribution in [-0.4, -0.2) is 37.2 Å². The van der Waals surface area contributed by atoms with Gasteiger partial charge >= 0.3 is 6.18 Å². The van der Waals surface area contributed by atoms with E-state index in [1.165, 1.54) is 6.07 Å². The smallest absolute Gasteiger partial charge is 0.395 e. The SMILES string of the molecule is COCCNCc1ccc(SC(C)CO)c(C(F)(F)F)c1. The molecule has 21 heavy (non-hydrogen) atoms. The molecule has 0 heterocycles. The van der Waals surface area contributed by atoms with E-state index in [4.69, 9.17) is 9.84 Å². The van der Waals surface area contributed by atoms with Crippen LogP contribution < -0.4 is 5.32 Å². The molecule has 0 saturated heterocycles. The summed E-state index contributed by atoms with van der Waals surface area (Å²) in [5.74, 6) is 0. The number of benzene rings is 1. The van der Waals surface area contributed by atoms with E-state index >= 15 is 0 Å². The van der Waals surface area contributed by atoms with Crippen molar-refractivity contribution in [2.45, 2.75) is 29.8 Å². The molecule has 0 aliphatic heterocycles. The summed E-state index contributed by atoms with van der Waals surface area (Å²) in [4.78, 5) is 0.143. The van der Waals surface area contributed by atoms with Crippen molar-refractivity contribution in [3.63, 3.8) is 0 Å². The molecular formula is C14H20F3NO2S. The number of alkyl halides is 3. The highest BCUT2D eigenvalue weighted by atomic mass is 32.2. The van der Waals surface area contributed by atoms with Gasteiger partial charge in [-0.1, -0.05) is 13.0 Å². The lowest BCUT2D eigenvalue weighted by Gasteiger charge is -2.16. The van der Waals surface area contributed by atoms with Crippen LogP contribution in [0.4, 0.5) is 13.2 Å². The third-order valence-corrected chi connectivity index (χ3v) is 3.91. The minimum absolute atomic E-state index is 0.143. The van der Waals surface area contributed by atoms with E-state index in [0.717, 1.165) is 17.8 Å². The van der Waals surface area contributed by atoms with Gasteiger partial charge in [-0.25, -0.2) is 0 Å². The number of aliphatic hydroxyl groups excluding tert-OH is 1. The summed E-state index contributed by atoms with van der Waals surface area (Å²) >= 11 is 1.03. The molecular weight excluding hydrogens is 303 g/mol. The lowest BCUT2D eigenvalue weighted by atomic mass is 10.1. The Bertz CT molecular complexity index is 441. The molecule has 0 amide bonds. The summed E-state index contributed by atoms with van der Waals surface area (Å²) in [6, 6.07) is 4.29. The van der Waals surface area contributed by atoms with Gasteiger partial charge in [0.05, 0.1) is 18.8 Å². The molecule has 1 aromatic carbocycles. The largest absolute Gasteiger partial charge is 0.417 e. The summed E-state index contributed by atoms with van der Waals surface area (Å²) < 4.78 is 44.2. The molecule has 120 valence electrons. The van der Waals surface area contributed by atoms with E-state index in [2.05, 4.69) is 5.32 Å². The first-order chi connectivity index (χ1) is 9.88. The molecule has 0 radical (unpaired) electrons. The van der Waals surface area contributed by atoms with E-state index in [1.807, 2.05) is 0 Å². The van der Waals surface area contributed by atoms with Crippen LogP contribution in [0, 0.1) is 0 Å². The van der Waals surface area contributed by atoms with Gasteiger partial charge < -0.3 is 15.2 Å². The van der Waals surface area contributed by atoms with Crippen molar-refractivity contribution in [1.29, 1.82) is 0 Å². The fourth-order valence-electron chi connectivity index (χ4n) is 1.67. The Hall–Kier alpha value is -0.760. The van der Waals surface area contributed by atoms with Crippen molar-refractivity contribution in [2.75, 3.05) is 26.9 Å². The van der Waals surface area contributed by atoms with E-state index in [0.29, 0.717) is 25.3 Å². The maximum atomic E-state index is 13.1. The first-order valence-corrected chi connectivity index (χ1v) is 7.43. The van der Waals surface area contributed by atoms with Crippen LogP contribution >= 0.6 is 11.8 Å². The Morgan fingerprint density at radius 1 is 1.38 bits per heavy atom. The third kappa shape index (κ3) is 6.25. The van der Waals surface area contributed by atoms with Gasteiger partial charge in [0.1, 0.15) is 0 Å². The Balaban J connectivity index is 2.86. The van der Waals surface area contributed by atoms with Crippen LogP contribution in [0.25, 0.3) is 0 Å². The quantitative estimate of drug-likeness (QED) is 0.570. The number of hydrogen-bond donors (Lipinski definition) is 2. The van der Waals surface area contributed by atoms with E-state index in [-0.39, 0.29) is 16.8 Å². The summed E-state index contributed by atoms with van der Waals surface area (Å²) in [6.07, 6.45) is -4.40. The zero-order valence-electron chi connectivity index (χ0n) is 12.0. The molecule has 1 aromatic rings. The monoisotopic (exact) mass is 323 g/mol. The normalized spacial score (nSPS) is 13.4. The van der Waals surface area contributed by atoms with Crippen molar-refractivity contribution >= 4 is 11.8 Å². The van der Waals surface area contributed by atoms with Crippen LogP contribution in [-0.2, 0) is 17.5 Å². The number of nitrogens with one attached hydrogen (secondary N) is 1. The molecule has 2 N–H and O–H groups in total. The minimum Gasteiger partial charge on any atom is -0.395 e. The fourth-order valence-corrected chi connectivity index (χ4v) is 2.63. The molecule has 0 spiro atoms. The standard InChI is InChI=1S/C14H20F3NO2S/c1-10(9-19)21-13-4-3-11(8-18-5-6-20-2)7-12(13)14(15,16)17/h3-4,7,10,18-19H,5-6,8-9H2,1-2H3. The molecule has 0 bridgehead atoms. The average Bonchev–Trinajstić information content (AvgIpc) is 2.43. The van der Waals surface area contributed by atoms with Gasteiger partial charge in [0, 0.05) is 30.3 Å². The van der Waals surface area contributed by atoms with Crippen LogP contribution in [0.1, 0.15) is 18.1 Å². The van der Waals surface area contributed by atoms with Crippen LogP contribution in [0.2, 0.25) is 0 Å². The zero-order valence-corrected chi connectivity index (χ0v) is 12.9. The van der Waals surface area contributed by atoms with Gasteiger partial charge in [-0.2, -0.15) is 13.2 Å². The molecule has 1 unspecified atom stereocenters. The van der Waals surface area contributed by atoms with Crippen molar-refractivity contribution in [2.24, 2.45) is 0 Å². The molecule has 0 aromatic heterocycles. The Morgan fingerprint density at radius 2 is 2.10 bits per heavy atom. The van der Waals surface area contributed by atoms with Crippen molar-refractivity contribution in [3.05, 3.63) is 29.3 Å². The summed E-state index contributed by atoms with van der Waals surface area (Å²) in [6.45, 7) is 2.96. The van der Waals surface area contributed by atoms with Crippen molar-refractivity contribution in [3.8, 4) is 0 Å². The molecule has 0 saturated carbocycles. The average molecular weight is 323 g/mol. The van der Waals surface area contributed by atoms with Gasteiger partial charge in [0.15, 0.2) is 0 Å². The number of methoxy groups -OCH3 is 1. The Labute approximate surface area is 126 Å². The van der Waals surface area contributed by atoms with Gasteiger partial charge in [-0.15, -0.1) is 11.8 Å². The summed E-state index contributed by atoms with van der Waals surface area (Å²) in [5.41, 5.74) is -0.0849. The zero-order chi connectivity index (χ0) is 15.9. The van der Waals surface area contributed by atoms with Gasteiger partial charge in [-0.05, 0) is 17.7 Å². The van der Waals surface area contributed by atoms with Gasteiger partial charge in [0.25, 0.3) is 0 Å². The second-order valence-corrected chi connectivity index (χ2v) is 6.09. The molecule has 0 fully saturated rings. The highest BCUT2D eigenvalue weighted by molar-refractivity contribution is 8.00. The first-order valence-electron chi connectivity index (χ1n) is 6.55. The number of halogens is 3. The minimum atomic E-state index is -4.40. The summed E-state index contributed by atoms with van der Waals surface area (Å²) in [7, 11) is 1.57. The maximum absolute atomic E-state index is 13.1. The van der Waals surface area contributed by atoms with Crippen LogP contribution in [0.15, 0.2) is 23.1 Å². The fraction of sp³-hybridized carbons (Fsp3) is 0.571. The van der Waals surface area contributed by atoms with E-state index in [9.17, 15) is 13.2 Å². The Morgan fingerprint density at radius 3 is 2.67 bits per heavy atom. The number of aliphatic hydroxyl groups is 1. The summed E-state index contributed by atoms with van der Waals surface area (Å²) in [5, 5.41) is 11.7. The lowest BCUT2D eigenvalue weighted by Crippen LogP contribution is -2.19. The van der Waals surface area contributed by atoms with Crippen molar-refractivity contribution in [1.82, 2.24) is 5.32 Å². The molecule has 0 aliphatic carbocycles. The van der Waals surface area contributed by atoms with E-state index in [1.54, 1.807) is 20.1 Å². The topological polar surface area (TPSA) is 41.5 Å². The number of ether oxygens (including phenoxy) is 1. The van der Waals surface area contributed by atoms with Crippen molar-refractivity contribution < 1.29 is 23.0 Å². The first kappa shape index (κ1) is 18.3. The molecule has 7 heteroatoms. The van der Waals surface area contributed by atoms with Crippen LogP contribution in [0.3, 0.4) is 0 Å². The third-order valence-electron chi connectivity index (χ3n) is 2.75. The van der Waals surface area contributed by atoms with E-state index < -0.39 is 11.7 Å². The Kier molecular flexibility index (Phi) is 7.51. The predicted octanol–water partition coefficient (Wildman–Crippen LogP) is 2.91. The second-order valence-electron chi connectivity index (χ2n) is 4.61. The number of thioether (sulfide) groups is 1. The number of rotatable bonds is 8. The molecule has 1 rings (SSSR count). The molecule has 3 nitrogen and oxygen atoms in total. The maximum Gasteiger partial charge on any atom is 0.417 e. The number of hydrogen-bond acceptors (Lipinski definition) is 4. The van der Waals surface area contributed by atoms with Gasteiger partial charge in [-0.3, -0.25) is 0 Å². The highest BCUT2D eigenvalue weighted by Gasteiger charge is 2.34. The van der Waals surface area contributed by atoms with Crippen LogP contribution in [0.5, 0.6) is 0 Å². The predicted molar refractivity (Wildman–Crippen MR) is 77.4 cm³/mol. The second kappa shape index (κ2) is 8.63. The van der Waals surface area contributed by atoms with Gasteiger partial charge in [0.2, 0.25) is 0 Å². The highest BCUT2D eigenvalue weighted by Crippen LogP contribution is 2.38. The lowest BCUT2D eigenvalue weighted by molar-refractivity contribution is -0.139. The molecule has 0 aliphatic rings.